The highest BCUT2D eigenvalue weighted by Gasteiger charge is 2.41. The van der Waals surface area contributed by atoms with Crippen LogP contribution in [0.1, 0.15) is 29.7 Å². The molecular formula is C26H25F6N6O2+. The molecule has 14 heteroatoms. The molecule has 0 amide bonds. The molecule has 2 heterocycles. The van der Waals surface area contributed by atoms with Crippen molar-refractivity contribution in [2.24, 2.45) is 0 Å². The van der Waals surface area contributed by atoms with E-state index in [4.69, 9.17) is 4.74 Å². The SMILES string of the molecule is CCc1nc[n+](C[C@](O)(Cn2cnc(C=Cc3ccc(OCC(F)(F)C(F)F)cc3)n2)c2ccc(F)cc2F)[nH]1. The fourth-order valence-electron chi connectivity index (χ4n) is 3.80. The molecule has 1 atom stereocenters. The summed E-state index contributed by atoms with van der Waals surface area (Å²) in [7, 11) is 0. The van der Waals surface area contributed by atoms with Gasteiger partial charge in [0.25, 0.3) is 5.82 Å². The third-order valence-electron chi connectivity index (χ3n) is 5.86. The zero-order valence-electron chi connectivity index (χ0n) is 21.1. The average Bonchev–Trinajstić information content (AvgIpc) is 3.55. The second-order valence-corrected chi connectivity index (χ2v) is 8.99. The summed E-state index contributed by atoms with van der Waals surface area (Å²) < 4.78 is 86.4. The van der Waals surface area contributed by atoms with E-state index >= 15 is 0 Å². The predicted octanol–water partition coefficient (Wildman–Crippen LogP) is 4.17. The number of hydrogen-bond donors (Lipinski definition) is 2. The Morgan fingerprint density at radius 1 is 1.10 bits per heavy atom. The summed E-state index contributed by atoms with van der Waals surface area (Å²) in [6.07, 6.45) is 2.72. The van der Waals surface area contributed by atoms with Crippen LogP contribution in [0.4, 0.5) is 26.3 Å². The lowest BCUT2D eigenvalue weighted by atomic mass is 9.93. The van der Waals surface area contributed by atoms with Crippen molar-refractivity contribution < 1.29 is 40.9 Å². The summed E-state index contributed by atoms with van der Waals surface area (Å²) in [4.78, 5) is 8.33. The van der Waals surface area contributed by atoms with Gasteiger partial charge in [-0.3, -0.25) is 0 Å². The monoisotopic (exact) mass is 567 g/mol. The number of aromatic amines is 1. The molecular weight excluding hydrogens is 542 g/mol. The van der Waals surface area contributed by atoms with Crippen LogP contribution in [-0.2, 0) is 25.1 Å². The molecule has 2 N–H and O–H groups in total. The number of aliphatic hydroxyl groups is 1. The fraction of sp³-hybridized carbons (Fsp3) is 0.308. The first-order chi connectivity index (χ1) is 19.0. The summed E-state index contributed by atoms with van der Waals surface area (Å²) in [5, 5.41) is 18.8. The number of nitrogens with zero attached hydrogens (tertiary/aromatic N) is 5. The molecule has 40 heavy (non-hydrogen) atoms. The zero-order valence-corrected chi connectivity index (χ0v) is 21.1. The Morgan fingerprint density at radius 3 is 2.50 bits per heavy atom. The number of hydrogen-bond acceptors (Lipinski definition) is 5. The Labute approximate surface area is 224 Å². The third-order valence-corrected chi connectivity index (χ3v) is 5.86. The minimum Gasteiger partial charge on any atom is -0.487 e. The number of rotatable bonds is 12. The molecule has 4 rings (SSSR count). The van der Waals surface area contributed by atoms with E-state index in [9.17, 15) is 31.4 Å². The number of aromatic nitrogens is 6. The number of halogens is 6. The smallest absolute Gasteiger partial charge is 0.340 e. The molecule has 0 saturated heterocycles. The lowest BCUT2D eigenvalue weighted by molar-refractivity contribution is -0.765. The van der Waals surface area contributed by atoms with Gasteiger partial charge >= 0.3 is 18.7 Å². The summed E-state index contributed by atoms with van der Waals surface area (Å²) in [5.74, 6) is -5.09. The Hall–Kier alpha value is -4.20. The predicted molar refractivity (Wildman–Crippen MR) is 130 cm³/mol. The van der Waals surface area contributed by atoms with Gasteiger partial charge in [-0.1, -0.05) is 31.2 Å². The molecule has 2 aromatic heterocycles. The van der Waals surface area contributed by atoms with Gasteiger partial charge in [0.2, 0.25) is 0 Å². The Bertz CT molecular complexity index is 1460. The van der Waals surface area contributed by atoms with Crippen LogP contribution in [0.15, 0.2) is 55.1 Å². The van der Waals surface area contributed by atoms with Crippen LogP contribution in [0.3, 0.4) is 0 Å². The minimum absolute atomic E-state index is 0.00613. The van der Waals surface area contributed by atoms with Gasteiger partial charge in [-0.15, -0.1) is 0 Å². The first-order valence-corrected chi connectivity index (χ1v) is 12.0. The molecule has 0 spiro atoms. The molecule has 4 aromatic rings. The highest BCUT2D eigenvalue weighted by molar-refractivity contribution is 5.66. The van der Waals surface area contributed by atoms with Crippen LogP contribution in [0.25, 0.3) is 12.2 Å². The van der Waals surface area contributed by atoms with Gasteiger partial charge in [0.1, 0.15) is 30.3 Å². The number of aryl methyl sites for hydroxylation is 1. The van der Waals surface area contributed by atoms with Crippen molar-refractivity contribution in [3.05, 3.63) is 89.5 Å². The molecule has 0 aliphatic heterocycles. The molecule has 0 fully saturated rings. The maximum Gasteiger partial charge on any atom is 0.340 e. The second-order valence-electron chi connectivity index (χ2n) is 8.99. The molecule has 2 aromatic carbocycles. The fourth-order valence-corrected chi connectivity index (χ4v) is 3.80. The summed E-state index contributed by atoms with van der Waals surface area (Å²) >= 11 is 0. The van der Waals surface area contributed by atoms with Gasteiger partial charge in [0.05, 0.1) is 6.54 Å². The average molecular weight is 568 g/mol. The van der Waals surface area contributed by atoms with E-state index in [0.29, 0.717) is 23.9 Å². The normalized spacial score (nSPS) is 13.7. The summed E-state index contributed by atoms with van der Waals surface area (Å²) in [6, 6.07) is 8.64. The Balaban J connectivity index is 1.47. The van der Waals surface area contributed by atoms with Crippen LogP contribution in [-0.4, -0.2) is 48.9 Å². The first kappa shape index (κ1) is 28.8. The standard InChI is InChI=1S/C26H24F6N6O2/c1-2-22-33-15-37(35-22)12-25(39,20-9-6-18(27)11-21(20)28)13-38-16-34-23(36-38)10-5-17-3-7-19(8-4-17)40-14-26(31,32)24(29)30/h3-11,15-16,24,39H,2,12-14H2,1H3/p+1/t25-/m0/s1. The van der Waals surface area contributed by atoms with Gasteiger partial charge < -0.3 is 9.84 Å². The number of ether oxygens (including phenoxy) is 1. The summed E-state index contributed by atoms with van der Waals surface area (Å²) in [5.41, 5.74) is -1.40. The van der Waals surface area contributed by atoms with E-state index in [1.165, 1.54) is 58.4 Å². The van der Waals surface area contributed by atoms with Crippen molar-refractivity contribution in [3.8, 4) is 5.75 Å². The summed E-state index contributed by atoms with van der Waals surface area (Å²) in [6.45, 7) is 0.0538. The van der Waals surface area contributed by atoms with Crippen molar-refractivity contribution in [2.45, 2.75) is 44.4 Å². The van der Waals surface area contributed by atoms with Crippen LogP contribution < -0.4 is 9.42 Å². The van der Waals surface area contributed by atoms with Crippen molar-refractivity contribution in [1.29, 1.82) is 0 Å². The van der Waals surface area contributed by atoms with Crippen LogP contribution in [0.2, 0.25) is 0 Å². The zero-order chi connectivity index (χ0) is 28.9. The quantitative estimate of drug-likeness (QED) is 0.198. The maximum absolute atomic E-state index is 14.7. The van der Waals surface area contributed by atoms with Gasteiger partial charge in [0.15, 0.2) is 18.0 Å². The van der Waals surface area contributed by atoms with Crippen LogP contribution >= 0.6 is 0 Å². The molecule has 0 saturated carbocycles. The van der Waals surface area contributed by atoms with Crippen molar-refractivity contribution >= 4 is 12.2 Å². The van der Waals surface area contributed by atoms with Gasteiger partial charge in [-0.05, 0) is 34.8 Å². The number of H-pyrrole nitrogens is 1. The van der Waals surface area contributed by atoms with E-state index in [0.717, 1.165) is 6.07 Å². The lowest BCUT2D eigenvalue weighted by Gasteiger charge is -2.26. The Morgan fingerprint density at radius 2 is 1.85 bits per heavy atom. The molecule has 0 aliphatic rings. The molecule has 8 nitrogen and oxygen atoms in total. The molecule has 0 unspecified atom stereocenters. The van der Waals surface area contributed by atoms with Gasteiger partial charge in [0, 0.05) is 18.1 Å². The maximum atomic E-state index is 14.7. The molecule has 0 bridgehead atoms. The first-order valence-electron chi connectivity index (χ1n) is 12.0. The largest absolute Gasteiger partial charge is 0.487 e. The Kier molecular flexibility index (Phi) is 8.57. The van der Waals surface area contributed by atoms with Crippen molar-refractivity contribution in [2.75, 3.05) is 6.61 Å². The van der Waals surface area contributed by atoms with E-state index in [1.807, 2.05) is 6.92 Å². The van der Waals surface area contributed by atoms with Gasteiger partial charge in [-0.2, -0.15) is 23.7 Å². The highest BCUT2D eigenvalue weighted by atomic mass is 19.3. The van der Waals surface area contributed by atoms with Crippen molar-refractivity contribution in [3.63, 3.8) is 0 Å². The lowest BCUT2D eigenvalue weighted by Crippen LogP contribution is -2.49. The van der Waals surface area contributed by atoms with E-state index < -0.39 is 36.2 Å². The number of nitrogens with one attached hydrogen (secondary N) is 1. The minimum atomic E-state index is -4.26. The van der Waals surface area contributed by atoms with Crippen LogP contribution in [0.5, 0.6) is 5.75 Å². The third kappa shape index (κ3) is 7.05. The number of alkyl halides is 4. The van der Waals surface area contributed by atoms with Gasteiger partial charge in [-0.25, -0.2) is 27.2 Å². The van der Waals surface area contributed by atoms with E-state index in [1.54, 1.807) is 6.08 Å². The molecule has 212 valence electrons. The van der Waals surface area contributed by atoms with Crippen molar-refractivity contribution in [1.82, 2.24) is 24.8 Å². The number of benzene rings is 2. The van der Waals surface area contributed by atoms with Crippen LogP contribution in [0, 0.1) is 11.6 Å². The second kappa shape index (κ2) is 11.9. The van der Waals surface area contributed by atoms with E-state index in [-0.39, 0.29) is 30.2 Å². The topological polar surface area (TPSA) is 92.7 Å². The molecule has 0 aliphatic carbocycles. The molecule has 0 radical (unpaired) electrons. The van der Waals surface area contributed by atoms with E-state index in [2.05, 4.69) is 20.2 Å². The highest BCUT2D eigenvalue weighted by Crippen LogP contribution is 2.27.